The first-order chi connectivity index (χ1) is 9.06. The van der Waals surface area contributed by atoms with Crippen LogP contribution < -0.4 is 5.32 Å². The van der Waals surface area contributed by atoms with E-state index in [0.717, 1.165) is 10.0 Å². The highest BCUT2D eigenvalue weighted by molar-refractivity contribution is 9.10. The average Bonchev–Trinajstić information content (AvgIpc) is 2.40. The molecule has 0 amide bonds. The van der Waals surface area contributed by atoms with E-state index in [1.165, 1.54) is 17.2 Å². The van der Waals surface area contributed by atoms with Crippen molar-refractivity contribution in [3.8, 4) is 0 Å². The molecule has 2 aromatic carbocycles. The van der Waals surface area contributed by atoms with Gasteiger partial charge in [0.1, 0.15) is 5.82 Å². The Morgan fingerprint density at radius 1 is 1.16 bits per heavy atom. The molecule has 1 N–H and O–H groups in total. The van der Waals surface area contributed by atoms with E-state index in [1.807, 2.05) is 0 Å². The van der Waals surface area contributed by atoms with Gasteiger partial charge in [0.2, 0.25) is 0 Å². The highest BCUT2D eigenvalue weighted by Crippen LogP contribution is 2.19. The van der Waals surface area contributed by atoms with E-state index in [-0.39, 0.29) is 11.9 Å². The van der Waals surface area contributed by atoms with Gasteiger partial charge in [-0.25, -0.2) is 4.39 Å². The van der Waals surface area contributed by atoms with E-state index in [0.29, 0.717) is 6.54 Å². The number of hydrogen-bond acceptors (Lipinski definition) is 1. The van der Waals surface area contributed by atoms with Crippen molar-refractivity contribution >= 4 is 15.9 Å². The Kier molecular flexibility index (Phi) is 4.72. The summed E-state index contributed by atoms with van der Waals surface area (Å²) in [6.07, 6.45) is 0. The van der Waals surface area contributed by atoms with Crippen molar-refractivity contribution in [3.63, 3.8) is 0 Å². The first kappa shape index (κ1) is 14.2. The minimum Gasteiger partial charge on any atom is -0.306 e. The molecule has 0 saturated heterocycles. The van der Waals surface area contributed by atoms with E-state index < -0.39 is 0 Å². The van der Waals surface area contributed by atoms with Crippen molar-refractivity contribution in [2.24, 2.45) is 0 Å². The van der Waals surface area contributed by atoms with Crippen molar-refractivity contribution in [1.29, 1.82) is 0 Å². The molecule has 2 aromatic rings. The van der Waals surface area contributed by atoms with Gasteiger partial charge < -0.3 is 5.32 Å². The molecule has 0 saturated carbocycles. The van der Waals surface area contributed by atoms with Crippen molar-refractivity contribution in [1.82, 2.24) is 5.32 Å². The Balaban J connectivity index is 2.02. The van der Waals surface area contributed by atoms with Crippen LogP contribution in [0.5, 0.6) is 0 Å². The summed E-state index contributed by atoms with van der Waals surface area (Å²) >= 11 is 3.44. The fourth-order valence-electron chi connectivity index (χ4n) is 1.91. The second-order valence-corrected chi connectivity index (χ2v) is 5.60. The van der Waals surface area contributed by atoms with Crippen LogP contribution in [0.2, 0.25) is 0 Å². The van der Waals surface area contributed by atoms with Crippen molar-refractivity contribution in [2.75, 3.05) is 0 Å². The minimum absolute atomic E-state index is 0.206. The smallest absolute Gasteiger partial charge is 0.123 e. The van der Waals surface area contributed by atoms with Gasteiger partial charge in [0.15, 0.2) is 0 Å². The first-order valence-electron chi connectivity index (χ1n) is 6.30. The number of hydrogen-bond donors (Lipinski definition) is 1. The van der Waals surface area contributed by atoms with Crippen LogP contribution in [-0.2, 0) is 6.54 Å². The van der Waals surface area contributed by atoms with Crippen molar-refractivity contribution < 1.29 is 4.39 Å². The second kappa shape index (κ2) is 6.31. The third-order valence-electron chi connectivity index (χ3n) is 3.18. The maximum atomic E-state index is 13.2. The number of halogens is 2. The Bertz CT molecular complexity index is 551. The lowest BCUT2D eigenvalue weighted by Gasteiger charge is -2.15. The van der Waals surface area contributed by atoms with Crippen molar-refractivity contribution in [3.05, 3.63) is 69.4 Å². The molecule has 1 atom stereocenters. The fourth-order valence-corrected chi connectivity index (χ4v) is 2.30. The summed E-state index contributed by atoms with van der Waals surface area (Å²) in [6.45, 7) is 4.82. The largest absolute Gasteiger partial charge is 0.306 e. The molecule has 0 spiro atoms. The van der Waals surface area contributed by atoms with Crippen molar-refractivity contribution in [2.45, 2.75) is 26.4 Å². The van der Waals surface area contributed by atoms with Crippen LogP contribution in [0.1, 0.15) is 29.7 Å². The summed E-state index contributed by atoms with van der Waals surface area (Å²) < 4.78 is 14.1. The predicted molar refractivity (Wildman–Crippen MR) is 80.5 cm³/mol. The van der Waals surface area contributed by atoms with E-state index in [2.05, 4.69) is 59.4 Å². The van der Waals surface area contributed by atoms with E-state index in [1.54, 1.807) is 12.1 Å². The summed E-state index contributed by atoms with van der Waals surface area (Å²) in [6, 6.07) is 13.4. The lowest BCUT2D eigenvalue weighted by molar-refractivity contribution is 0.568. The van der Waals surface area contributed by atoms with Gasteiger partial charge in [0.25, 0.3) is 0 Å². The first-order valence-corrected chi connectivity index (χ1v) is 7.09. The molecule has 1 nitrogen and oxygen atoms in total. The van der Waals surface area contributed by atoms with Gasteiger partial charge in [0, 0.05) is 17.1 Å². The van der Waals surface area contributed by atoms with Gasteiger partial charge in [0.05, 0.1) is 0 Å². The molecule has 2 rings (SSSR count). The second-order valence-electron chi connectivity index (χ2n) is 4.75. The normalized spacial score (nSPS) is 12.4. The van der Waals surface area contributed by atoms with Crippen LogP contribution in [0.4, 0.5) is 4.39 Å². The Morgan fingerprint density at radius 3 is 2.53 bits per heavy atom. The number of rotatable bonds is 4. The lowest BCUT2D eigenvalue weighted by Crippen LogP contribution is -2.18. The maximum absolute atomic E-state index is 13.2. The highest BCUT2D eigenvalue weighted by Gasteiger charge is 2.07. The van der Waals surface area contributed by atoms with Gasteiger partial charge in [-0.3, -0.25) is 0 Å². The zero-order valence-electron chi connectivity index (χ0n) is 11.1. The van der Waals surface area contributed by atoms with Gasteiger partial charge in [-0.15, -0.1) is 0 Å². The monoisotopic (exact) mass is 321 g/mol. The Hall–Kier alpha value is -1.19. The summed E-state index contributed by atoms with van der Waals surface area (Å²) in [5.74, 6) is -0.206. The molecule has 0 aliphatic rings. The van der Waals surface area contributed by atoms with E-state index in [9.17, 15) is 4.39 Å². The highest BCUT2D eigenvalue weighted by atomic mass is 79.9. The molecule has 0 aromatic heterocycles. The lowest BCUT2D eigenvalue weighted by atomic mass is 10.1. The molecule has 3 heteroatoms. The molecule has 0 fully saturated rings. The molecule has 19 heavy (non-hydrogen) atoms. The van der Waals surface area contributed by atoms with Crippen LogP contribution in [0.15, 0.2) is 46.9 Å². The zero-order chi connectivity index (χ0) is 13.8. The molecule has 0 aliphatic heterocycles. The third-order valence-corrected chi connectivity index (χ3v) is 3.96. The van der Waals surface area contributed by atoms with Crippen LogP contribution in [0.25, 0.3) is 0 Å². The molecule has 0 bridgehead atoms. The van der Waals surface area contributed by atoms with E-state index >= 15 is 0 Å². The number of aryl methyl sites for hydroxylation is 1. The molecular weight excluding hydrogens is 305 g/mol. The summed E-state index contributed by atoms with van der Waals surface area (Å²) in [5, 5.41) is 3.41. The van der Waals surface area contributed by atoms with Crippen LogP contribution >= 0.6 is 15.9 Å². The topological polar surface area (TPSA) is 12.0 Å². The maximum Gasteiger partial charge on any atom is 0.123 e. The van der Waals surface area contributed by atoms with Gasteiger partial charge >= 0.3 is 0 Å². The molecular formula is C16H17BrFN. The summed E-state index contributed by atoms with van der Waals surface area (Å²) in [5.41, 5.74) is 3.42. The fraction of sp³-hybridized carbons (Fsp3) is 0.250. The molecule has 0 heterocycles. The van der Waals surface area contributed by atoms with Crippen LogP contribution in [0.3, 0.4) is 0 Å². The third kappa shape index (κ3) is 3.88. The molecule has 0 aliphatic carbocycles. The standard InChI is InChI=1S/C16H17BrFN/c1-11-3-5-13(6-4-11)12(2)19-10-14-9-15(18)7-8-16(14)17/h3-9,12,19H,10H2,1-2H3/t12-/m0/s1. The average molecular weight is 322 g/mol. The molecule has 100 valence electrons. The van der Waals surface area contributed by atoms with Crippen LogP contribution in [0, 0.1) is 12.7 Å². The Morgan fingerprint density at radius 2 is 1.84 bits per heavy atom. The Labute approximate surface area is 122 Å². The van der Waals surface area contributed by atoms with Crippen LogP contribution in [-0.4, -0.2) is 0 Å². The quantitative estimate of drug-likeness (QED) is 0.857. The van der Waals surface area contributed by atoms with Gasteiger partial charge in [-0.1, -0.05) is 45.8 Å². The van der Waals surface area contributed by atoms with E-state index in [4.69, 9.17) is 0 Å². The SMILES string of the molecule is Cc1ccc([C@H](C)NCc2cc(F)ccc2Br)cc1. The van der Waals surface area contributed by atoms with Gasteiger partial charge in [-0.2, -0.15) is 0 Å². The van der Waals surface area contributed by atoms with Gasteiger partial charge in [-0.05, 0) is 43.2 Å². The summed E-state index contributed by atoms with van der Waals surface area (Å²) in [4.78, 5) is 0. The zero-order valence-corrected chi connectivity index (χ0v) is 12.7. The number of nitrogens with one attached hydrogen (secondary N) is 1. The number of benzene rings is 2. The predicted octanol–water partition coefficient (Wildman–Crippen LogP) is 4.75. The molecule has 0 unspecified atom stereocenters. The summed E-state index contributed by atoms with van der Waals surface area (Å²) in [7, 11) is 0. The minimum atomic E-state index is -0.206. The molecule has 0 radical (unpaired) electrons.